The molecular weight excluding hydrogens is 166 g/mol. The summed E-state index contributed by atoms with van der Waals surface area (Å²) < 4.78 is 0. The van der Waals surface area contributed by atoms with Crippen molar-refractivity contribution in [3.8, 4) is 0 Å². The first-order valence-electron chi connectivity index (χ1n) is 4.94. The van der Waals surface area contributed by atoms with Gasteiger partial charge in [-0.15, -0.1) is 0 Å². The number of carboxylic acid groups (broad SMARTS) is 1. The molecule has 0 aromatic rings. The van der Waals surface area contributed by atoms with Gasteiger partial charge >= 0.3 is 5.97 Å². The fourth-order valence-corrected chi connectivity index (χ4v) is 1.47. The third-order valence-corrected chi connectivity index (χ3v) is 2.92. The molecule has 0 aliphatic carbocycles. The number of carboxylic acids is 1. The molecule has 0 aliphatic rings. The lowest BCUT2D eigenvalue weighted by Crippen LogP contribution is -2.41. The fraction of sp³-hybridized carbons (Fsp3) is 0.900. The molecule has 0 rings (SSSR count). The Hall–Kier alpha value is -0.570. The first-order chi connectivity index (χ1) is 6.02. The summed E-state index contributed by atoms with van der Waals surface area (Å²) in [5, 5.41) is 9.14. The van der Waals surface area contributed by atoms with E-state index in [9.17, 15) is 4.79 Å². The van der Waals surface area contributed by atoms with Crippen LogP contribution in [-0.4, -0.2) is 36.1 Å². The Labute approximate surface area is 80.7 Å². The van der Waals surface area contributed by atoms with E-state index in [1.54, 1.807) is 0 Å². The molecule has 0 aromatic carbocycles. The SMILES string of the molecule is CCN(C)CC(CC)(CC)C(=O)O. The average molecular weight is 187 g/mol. The average Bonchev–Trinajstić information content (AvgIpc) is 2.13. The maximum Gasteiger partial charge on any atom is 0.310 e. The summed E-state index contributed by atoms with van der Waals surface area (Å²) in [5.74, 6) is -0.669. The molecule has 13 heavy (non-hydrogen) atoms. The minimum absolute atomic E-state index is 0.551. The lowest BCUT2D eigenvalue weighted by molar-refractivity contribution is -0.150. The van der Waals surface area contributed by atoms with Crippen LogP contribution >= 0.6 is 0 Å². The van der Waals surface area contributed by atoms with Gasteiger partial charge in [-0.1, -0.05) is 20.8 Å². The summed E-state index contributed by atoms with van der Waals surface area (Å²) in [6.45, 7) is 7.47. The van der Waals surface area contributed by atoms with E-state index in [0.29, 0.717) is 19.4 Å². The second kappa shape index (κ2) is 5.22. The Bertz CT molecular complexity index is 164. The van der Waals surface area contributed by atoms with Crippen LogP contribution < -0.4 is 0 Å². The van der Waals surface area contributed by atoms with Crippen molar-refractivity contribution >= 4 is 5.97 Å². The topological polar surface area (TPSA) is 40.5 Å². The molecule has 0 fully saturated rings. The van der Waals surface area contributed by atoms with Crippen LogP contribution in [0.25, 0.3) is 0 Å². The van der Waals surface area contributed by atoms with Crippen molar-refractivity contribution in [1.82, 2.24) is 4.90 Å². The summed E-state index contributed by atoms with van der Waals surface area (Å²) in [4.78, 5) is 13.2. The van der Waals surface area contributed by atoms with Gasteiger partial charge in [0.2, 0.25) is 0 Å². The number of aliphatic carboxylic acids is 1. The minimum atomic E-state index is -0.669. The summed E-state index contributed by atoms with van der Waals surface area (Å²) >= 11 is 0. The molecular formula is C10H21NO2. The highest BCUT2D eigenvalue weighted by atomic mass is 16.4. The summed E-state index contributed by atoms with van der Waals surface area (Å²) in [6.07, 6.45) is 1.40. The Morgan fingerprint density at radius 1 is 1.31 bits per heavy atom. The zero-order chi connectivity index (χ0) is 10.5. The monoisotopic (exact) mass is 187 g/mol. The predicted octanol–water partition coefficient (Wildman–Crippen LogP) is 1.83. The summed E-state index contributed by atoms with van der Waals surface area (Å²) in [6, 6.07) is 0. The van der Waals surface area contributed by atoms with Crippen LogP contribution in [0.1, 0.15) is 33.6 Å². The van der Waals surface area contributed by atoms with Crippen LogP contribution in [0.3, 0.4) is 0 Å². The van der Waals surface area contributed by atoms with E-state index in [1.165, 1.54) is 0 Å². The van der Waals surface area contributed by atoms with E-state index < -0.39 is 11.4 Å². The van der Waals surface area contributed by atoms with Crippen LogP contribution in [0, 0.1) is 5.41 Å². The molecule has 0 bridgehead atoms. The molecule has 0 unspecified atom stereocenters. The zero-order valence-electron chi connectivity index (χ0n) is 9.13. The molecule has 0 heterocycles. The van der Waals surface area contributed by atoms with Crippen molar-refractivity contribution in [3.63, 3.8) is 0 Å². The van der Waals surface area contributed by atoms with Crippen molar-refractivity contribution in [3.05, 3.63) is 0 Å². The van der Waals surface area contributed by atoms with Crippen LogP contribution in [-0.2, 0) is 4.79 Å². The van der Waals surface area contributed by atoms with Gasteiger partial charge in [0.1, 0.15) is 0 Å². The van der Waals surface area contributed by atoms with Crippen molar-refractivity contribution in [2.45, 2.75) is 33.6 Å². The highest BCUT2D eigenvalue weighted by Gasteiger charge is 2.35. The standard InChI is InChI=1S/C10H21NO2/c1-5-10(6-2,9(12)13)8-11(4)7-3/h5-8H2,1-4H3,(H,12,13). The number of hydrogen-bond acceptors (Lipinski definition) is 2. The van der Waals surface area contributed by atoms with Crippen molar-refractivity contribution < 1.29 is 9.90 Å². The maximum atomic E-state index is 11.1. The molecule has 1 N–H and O–H groups in total. The van der Waals surface area contributed by atoms with Gasteiger partial charge in [-0.2, -0.15) is 0 Å². The molecule has 0 atom stereocenters. The highest BCUT2D eigenvalue weighted by Crippen LogP contribution is 2.27. The lowest BCUT2D eigenvalue weighted by Gasteiger charge is -2.31. The van der Waals surface area contributed by atoms with E-state index >= 15 is 0 Å². The molecule has 0 aliphatic heterocycles. The van der Waals surface area contributed by atoms with E-state index in [4.69, 9.17) is 5.11 Å². The Balaban J connectivity index is 4.48. The Kier molecular flexibility index (Phi) is 4.99. The molecule has 0 amide bonds. The van der Waals surface area contributed by atoms with Crippen LogP contribution in [0.4, 0.5) is 0 Å². The van der Waals surface area contributed by atoms with Crippen LogP contribution in [0.15, 0.2) is 0 Å². The fourth-order valence-electron chi connectivity index (χ4n) is 1.47. The lowest BCUT2D eigenvalue weighted by atomic mass is 9.82. The summed E-state index contributed by atoms with van der Waals surface area (Å²) in [5.41, 5.74) is -0.551. The third kappa shape index (κ3) is 2.99. The van der Waals surface area contributed by atoms with Gasteiger partial charge in [0.15, 0.2) is 0 Å². The van der Waals surface area contributed by atoms with Gasteiger partial charge in [0, 0.05) is 6.54 Å². The van der Waals surface area contributed by atoms with Gasteiger partial charge in [-0.3, -0.25) is 4.79 Å². The molecule has 3 nitrogen and oxygen atoms in total. The van der Waals surface area contributed by atoms with E-state index in [1.807, 2.05) is 27.8 Å². The number of nitrogens with zero attached hydrogens (tertiary/aromatic N) is 1. The van der Waals surface area contributed by atoms with Crippen molar-refractivity contribution in [1.29, 1.82) is 0 Å². The van der Waals surface area contributed by atoms with E-state index in [0.717, 1.165) is 6.54 Å². The molecule has 78 valence electrons. The second-order valence-corrected chi connectivity index (χ2v) is 3.62. The van der Waals surface area contributed by atoms with E-state index in [-0.39, 0.29) is 0 Å². The maximum absolute atomic E-state index is 11.1. The Morgan fingerprint density at radius 2 is 1.77 bits per heavy atom. The highest BCUT2D eigenvalue weighted by molar-refractivity contribution is 5.74. The molecule has 0 radical (unpaired) electrons. The van der Waals surface area contributed by atoms with Gasteiger partial charge in [0.05, 0.1) is 5.41 Å². The third-order valence-electron chi connectivity index (χ3n) is 2.92. The zero-order valence-corrected chi connectivity index (χ0v) is 9.13. The van der Waals surface area contributed by atoms with Crippen molar-refractivity contribution in [2.75, 3.05) is 20.1 Å². The smallest absolute Gasteiger partial charge is 0.310 e. The summed E-state index contributed by atoms with van der Waals surface area (Å²) in [7, 11) is 1.96. The van der Waals surface area contributed by atoms with Crippen molar-refractivity contribution in [2.24, 2.45) is 5.41 Å². The first-order valence-corrected chi connectivity index (χ1v) is 4.94. The molecule has 0 spiro atoms. The van der Waals surface area contributed by atoms with Gasteiger partial charge in [0.25, 0.3) is 0 Å². The predicted molar refractivity (Wildman–Crippen MR) is 53.8 cm³/mol. The van der Waals surface area contributed by atoms with Crippen LogP contribution in [0.5, 0.6) is 0 Å². The van der Waals surface area contributed by atoms with Gasteiger partial charge in [-0.25, -0.2) is 0 Å². The second-order valence-electron chi connectivity index (χ2n) is 3.62. The van der Waals surface area contributed by atoms with Gasteiger partial charge in [-0.05, 0) is 26.4 Å². The number of carbonyl (C=O) groups is 1. The quantitative estimate of drug-likeness (QED) is 0.689. The number of hydrogen-bond donors (Lipinski definition) is 1. The number of rotatable bonds is 6. The normalized spacial score (nSPS) is 12.1. The Morgan fingerprint density at radius 3 is 2.00 bits per heavy atom. The molecule has 0 aromatic heterocycles. The first kappa shape index (κ1) is 12.4. The van der Waals surface area contributed by atoms with Crippen LogP contribution in [0.2, 0.25) is 0 Å². The molecule has 3 heteroatoms. The van der Waals surface area contributed by atoms with E-state index in [2.05, 4.69) is 4.90 Å². The molecule has 0 saturated carbocycles. The minimum Gasteiger partial charge on any atom is -0.481 e. The largest absolute Gasteiger partial charge is 0.481 e. The molecule has 0 saturated heterocycles. The van der Waals surface area contributed by atoms with Gasteiger partial charge < -0.3 is 10.0 Å².